The molecule has 130 valence electrons. The maximum atomic E-state index is 5.54. The van der Waals surface area contributed by atoms with Crippen LogP contribution in [0.3, 0.4) is 0 Å². The predicted octanol–water partition coefficient (Wildman–Crippen LogP) is 1.29. The highest BCUT2D eigenvalue weighted by molar-refractivity contribution is 7.99. The number of rotatable bonds is 4. The van der Waals surface area contributed by atoms with E-state index in [9.17, 15) is 0 Å². The lowest BCUT2D eigenvalue weighted by molar-refractivity contribution is -0.00922. The minimum atomic E-state index is 0.196. The number of morpholine rings is 1. The van der Waals surface area contributed by atoms with E-state index in [1.807, 2.05) is 31.9 Å². The number of nitrogens with one attached hydrogen (secondary N) is 1. The maximum absolute atomic E-state index is 5.54. The number of aromatic nitrogens is 4. The largest absolute Gasteiger partial charge is 0.379 e. The molecule has 0 saturated carbocycles. The van der Waals surface area contributed by atoms with Gasteiger partial charge in [-0.05, 0) is 19.1 Å². The van der Waals surface area contributed by atoms with Gasteiger partial charge in [0.15, 0.2) is 5.65 Å². The highest BCUT2D eigenvalue weighted by Gasteiger charge is 2.40. The minimum absolute atomic E-state index is 0.196. The second kappa shape index (κ2) is 6.50. The normalized spacial score (nSPS) is 25.4. The van der Waals surface area contributed by atoms with Crippen LogP contribution in [-0.2, 0) is 11.8 Å². The van der Waals surface area contributed by atoms with Crippen molar-refractivity contribution >= 4 is 28.6 Å². The topological polar surface area (TPSA) is 68.1 Å². The molecule has 0 aromatic carbocycles. The van der Waals surface area contributed by atoms with Crippen LogP contribution >= 0.6 is 11.8 Å². The van der Waals surface area contributed by atoms with Crippen molar-refractivity contribution in [2.75, 3.05) is 49.7 Å². The molecule has 4 heterocycles. The molecule has 24 heavy (non-hydrogen) atoms. The summed E-state index contributed by atoms with van der Waals surface area (Å²) in [6, 6.07) is 0. The summed E-state index contributed by atoms with van der Waals surface area (Å²) in [6.07, 6.45) is 3.06. The highest BCUT2D eigenvalue weighted by atomic mass is 32.2. The number of thioether (sulfide) groups is 1. The van der Waals surface area contributed by atoms with Crippen LogP contribution in [0.25, 0.3) is 11.0 Å². The predicted molar refractivity (Wildman–Crippen MR) is 96.6 cm³/mol. The highest BCUT2D eigenvalue weighted by Crippen LogP contribution is 2.34. The van der Waals surface area contributed by atoms with Crippen LogP contribution in [0.1, 0.15) is 12.2 Å². The first kappa shape index (κ1) is 16.1. The smallest absolute Gasteiger partial charge is 0.163 e. The SMILES string of the molecule is Cc1nc(NCC2(N3CCOCC3)CCSC2)c2cnn(C)c2n1. The van der Waals surface area contributed by atoms with Crippen LogP contribution in [0.4, 0.5) is 5.82 Å². The molecule has 2 aromatic heterocycles. The molecule has 2 fully saturated rings. The first-order chi connectivity index (χ1) is 11.7. The van der Waals surface area contributed by atoms with Crippen LogP contribution in [0, 0.1) is 6.92 Å². The van der Waals surface area contributed by atoms with E-state index in [2.05, 4.69) is 25.3 Å². The third-order valence-electron chi connectivity index (χ3n) is 5.05. The van der Waals surface area contributed by atoms with Gasteiger partial charge in [-0.15, -0.1) is 0 Å². The monoisotopic (exact) mass is 348 g/mol. The van der Waals surface area contributed by atoms with Gasteiger partial charge in [0.05, 0.1) is 24.8 Å². The zero-order chi connectivity index (χ0) is 16.6. The Bertz CT molecular complexity index is 721. The van der Waals surface area contributed by atoms with Crippen molar-refractivity contribution < 1.29 is 4.74 Å². The number of anilines is 1. The van der Waals surface area contributed by atoms with Crippen LogP contribution in [-0.4, -0.2) is 74.5 Å². The zero-order valence-corrected chi connectivity index (χ0v) is 15.1. The van der Waals surface area contributed by atoms with Crippen LogP contribution in [0.15, 0.2) is 6.20 Å². The molecule has 0 spiro atoms. The van der Waals surface area contributed by atoms with Crippen molar-refractivity contribution in [3.8, 4) is 0 Å². The molecule has 2 saturated heterocycles. The number of aryl methyl sites for hydroxylation is 2. The average molecular weight is 348 g/mol. The number of fused-ring (bicyclic) bond motifs is 1. The Morgan fingerprint density at radius 3 is 2.92 bits per heavy atom. The summed E-state index contributed by atoms with van der Waals surface area (Å²) in [6.45, 7) is 6.56. The number of nitrogens with zero attached hydrogens (tertiary/aromatic N) is 5. The van der Waals surface area contributed by atoms with Gasteiger partial charge in [-0.2, -0.15) is 16.9 Å². The van der Waals surface area contributed by atoms with Crippen molar-refractivity contribution in [2.24, 2.45) is 7.05 Å². The van der Waals surface area contributed by atoms with Crippen molar-refractivity contribution in [1.82, 2.24) is 24.6 Å². The number of hydrogen-bond donors (Lipinski definition) is 1. The molecule has 8 heteroatoms. The van der Waals surface area contributed by atoms with Crippen LogP contribution < -0.4 is 5.32 Å². The van der Waals surface area contributed by atoms with Gasteiger partial charge < -0.3 is 10.1 Å². The molecule has 0 amide bonds. The Morgan fingerprint density at radius 2 is 2.17 bits per heavy atom. The quantitative estimate of drug-likeness (QED) is 0.893. The third kappa shape index (κ3) is 2.87. The molecule has 1 unspecified atom stereocenters. The summed E-state index contributed by atoms with van der Waals surface area (Å²) in [5.41, 5.74) is 1.08. The van der Waals surface area contributed by atoms with Gasteiger partial charge in [0, 0.05) is 38.0 Å². The second-order valence-corrected chi connectivity index (χ2v) is 7.71. The van der Waals surface area contributed by atoms with Gasteiger partial charge in [-0.3, -0.25) is 9.58 Å². The van der Waals surface area contributed by atoms with Gasteiger partial charge in [0.1, 0.15) is 11.6 Å². The lowest BCUT2D eigenvalue weighted by Gasteiger charge is -2.43. The Labute approximate surface area is 146 Å². The van der Waals surface area contributed by atoms with Gasteiger partial charge in [0.2, 0.25) is 0 Å². The van der Waals surface area contributed by atoms with Crippen LogP contribution in [0.5, 0.6) is 0 Å². The fourth-order valence-corrected chi connectivity index (χ4v) is 5.13. The van der Waals surface area contributed by atoms with E-state index in [-0.39, 0.29) is 5.54 Å². The molecule has 0 radical (unpaired) electrons. The van der Waals surface area contributed by atoms with Crippen molar-refractivity contribution in [3.63, 3.8) is 0 Å². The first-order valence-electron chi connectivity index (χ1n) is 8.49. The van der Waals surface area contributed by atoms with E-state index >= 15 is 0 Å². The zero-order valence-electron chi connectivity index (χ0n) is 14.3. The molecule has 2 aliphatic heterocycles. The Morgan fingerprint density at radius 1 is 1.33 bits per heavy atom. The molecule has 0 aliphatic carbocycles. The third-order valence-corrected chi connectivity index (χ3v) is 6.29. The summed E-state index contributed by atoms with van der Waals surface area (Å²) < 4.78 is 7.35. The molecule has 4 rings (SSSR count). The lowest BCUT2D eigenvalue weighted by atomic mass is 9.95. The summed E-state index contributed by atoms with van der Waals surface area (Å²) in [7, 11) is 1.92. The fourth-order valence-electron chi connectivity index (χ4n) is 3.65. The minimum Gasteiger partial charge on any atom is -0.379 e. The first-order valence-corrected chi connectivity index (χ1v) is 9.64. The fraction of sp³-hybridized carbons (Fsp3) is 0.688. The number of ether oxygens (including phenoxy) is 1. The molecule has 0 bridgehead atoms. The van der Waals surface area contributed by atoms with Gasteiger partial charge in [0.25, 0.3) is 0 Å². The van der Waals surface area contributed by atoms with E-state index in [0.29, 0.717) is 0 Å². The Hall–Kier alpha value is -1.38. The molecule has 1 atom stereocenters. The van der Waals surface area contributed by atoms with Crippen LogP contribution in [0.2, 0.25) is 0 Å². The molecule has 1 N–H and O–H groups in total. The lowest BCUT2D eigenvalue weighted by Crippen LogP contribution is -2.57. The van der Waals surface area contributed by atoms with Crippen molar-refractivity contribution in [1.29, 1.82) is 0 Å². The molecule has 2 aromatic rings. The van der Waals surface area contributed by atoms with Gasteiger partial charge in [-0.25, -0.2) is 9.97 Å². The summed E-state index contributed by atoms with van der Waals surface area (Å²) >= 11 is 2.05. The van der Waals surface area contributed by atoms with E-state index in [0.717, 1.165) is 55.5 Å². The average Bonchev–Trinajstić information content (AvgIpc) is 3.22. The van der Waals surface area contributed by atoms with E-state index in [1.165, 1.54) is 17.9 Å². The molecule has 2 aliphatic rings. The number of hydrogen-bond acceptors (Lipinski definition) is 7. The summed E-state index contributed by atoms with van der Waals surface area (Å²) in [5.74, 6) is 4.06. The summed E-state index contributed by atoms with van der Waals surface area (Å²) in [5, 5.41) is 8.94. The standard InChI is InChI=1S/C16H24N6OS/c1-12-19-14(13-9-18-21(2)15(13)20-12)17-10-16(3-8-24-11-16)22-4-6-23-7-5-22/h9H,3-8,10-11H2,1-2H3,(H,17,19,20). The van der Waals surface area contributed by atoms with Gasteiger partial charge in [-0.1, -0.05) is 0 Å². The van der Waals surface area contributed by atoms with Gasteiger partial charge >= 0.3 is 0 Å². The van der Waals surface area contributed by atoms with E-state index in [4.69, 9.17) is 4.74 Å². The molecular formula is C16H24N6OS. The van der Waals surface area contributed by atoms with Crippen molar-refractivity contribution in [3.05, 3.63) is 12.0 Å². The molecule has 7 nitrogen and oxygen atoms in total. The molecular weight excluding hydrogens is 324 g/mol. The Balaban J connectivity index is 1.58. The summed E-state index contributed by atoms with van der Waals surface area (Å²) in [4.78, 5) is 11.7. The van der Waals surface area contributed by atoms with E-state index in [1.54, 1.807) is 4.68 Å². The van der Waals surface area contributed by atoms with E-state index < -0.39 is 0 Å². The Kier molecular flexibility index (Phi) is 4.36. The second-order valence-electron chi connectivity index (χ2n) is 6.60. The maximum Gasteiger partial charge on any atom is 0.163 e. The van der Waals surface area contributed by atoms with Crippen molar-refractivity contribution in [2.45, 2.75) is 18.9 Å².